The van der Waals surface area contributed by atoms with Crippen LogP contribution in [0.4, 0.5) is 0 Å². The van der Waals surface area contributed by atoms with Gasteiger partial charge in [-0.1, -0.05) is 13.8 Å². The number of sulfone groups is 1. The summed E-state index contributed by atoms with van der Waals surface area (Å²) in [5, 5.41) is 0. The Morgan fingerprint density at radius 3 is 2.44 bits per heavy atom. The minimum Gasteiger partial charge on any atom is -0.469 e. The number of methoxy groups -OCH3 is 1. The number of ether oxygens (including phenoxy) is 1. The number of rotatable bonds is 7. The number of esters is 1. The lowest BCUT2D eigenvalue weighted by molar-refractivity contribution is -0.145. The van der Waals surface area contributed by atoms with Gasteiger partial charge in [0.05, 0.1) is 18.8 Å². The van der Waals surface area contributed by atoms with E-state index in [9.17, 15) is 13.2 Å². The Morgan fingerprint density at radius 2 is 2.00 bits per heavy atom. The molecule has 16 heavy (non-hydrogen) atoms. The van der Waals surface area contributed by atoms with Gasteiger partial charge < -0.3 is 9.64 Å². The second-order valence-electron chi connectivity index (χ2n) is 3.92. The Morgan fingerprint density at radius 1 is 1.44 bits per heavy atom. The first-order valence-electron chi connectivity index (χ1n) is 5.29. The average Bonchev–Trinajstić information content (AvgIpc) is 2.25. The highest BCUT2D eigenvalue weighted by Gasteiger charge is 2.16. The van der Waals surface area contributed by atoms with Crippen LogP contribution < -0.4 is 0 Å². The maximum absolute atomic E-state index is 11.3. The molecule has 0 aromatic rings. The van der Waals surface area contributed by atoms with Gasteiger partial charge in [-0.25, -0.2) is 8.42 Å². The largest absolute Gasteiger partial charge is 0.469 e. The van der Waals surface area contributed by atoms with E-state index in [-0.39, 0.29) is 23.4 Å². The number of carbonyl (C=O) groups excluding carboxylic acids is 1. The van der Waals surface area contributed by atoms with Crippen LogP contribution in [0.2, 0.25) is 0 Å². The fraction of sp³-hybridized carbons (Fsp3) is 0.900. The lowest BCUT2D eigenvalue weighted by Gasteiger charge is -2.19. The van der Waals surface area contributed by atoms with Crippen LogP contribution in [0, 0.1) is 5.92 Å². The van der Waals surface area contributed by atoms with Crippen LogP contribution in [-0.4, -0.2) is 58.0 Å². The molecule has 96 valence electrons. The van der Waals surface area contributed by atoms with Crippen molar-refractivity contribution >= 4 is 15.8 Å². The second-order valence-corrected chi connectivity index (χ2v) is 6.40. The van der Waals surface area contributed by atoms with Gasteiger partial charge in [0.1, 0.15) is 0 Å². The van der Waals surface area contributed by atoms with Gasteiger partial charge in [0.15, 0.2) is 9.84 Å². The topological polar surface area (TPSA) is 63.7 Å². The maximum atomic E-state index is 11.3. The van der Waals surface area contributed by atoms with Crippen LogP contribution in [0.25, 0.3) is 0 Å². The van der Waals surface area contributed by atoms with Crippen molar-refractivity contribution in [1.82, 2.24) is 4.90 Å². The highest BCUT2D eigenvalue weighted by Crippen LogP contribution is 2.01. The first-order chi connectivity index (χ1) is 7.32. The van der Waals surface area contributed by atoms with Crippen LogP contribution in [0.5, 0.6) is 0 Å². The van der Waals surface area contributed by atoms with Crippen molar-refractivity contribution in [1.29, 1.82) is 0 Å². The van der Waals surface area contributed by atoms with E-state index in [2.05, 4.69) is 4.74 Å². The number of hydrogen-bond donors (Lipinski definition) is 0. The molecule has 0 fully saturated rings. The number of hydrogen-bond acceptors (Lipinski definition) is 5. The van der Waals surface area contributed by atoms with Gasteiger partial charge >= 0.3 is 5.97 Å². The summed E-state index contributed by atoms with van der Waals surface area (Å²) in [5.74, 6) is -0.217. The molecule has 0 saturated carbocycles. The van der Waals surface area contributed by atoms with Crippen molar-refractivity contribution in [2.45, 2.75) is 13.8 Å². The van der Waals surface area contributed by atoms with E-state index < -0.39 is 9.84 Å². The molecule has 0 aliphatic rings. The lowest BCUT2D eigenvalue weighted by Crippen LogP contribution is -2.33. The average molecular weight is 251 g/mol. The summed E-state index contributed by atoms with van der Waals surface area (Å²) in [7, 11) is 0.210. The first-order valence-corrected chi connectivity index (χ1v) is 7.11. The van der Waals surface area contributed by atoms with Crippen LogP contribution in [0.1, 0.15) is 13.8 Å². The van der Waals surface area contributed by atoms with E-state index in [1.165, 1.54) is 7.11 Å². The second kappa shape index (κ2) is 6.85. The molecule has 6 heteroatoms. The van der Waals surface area contributed by atoms with Crippen molar-refractivity contribution in [3.63, 3.8) is 0 Å². The summed E-state index contributed by atoms with van der Waals surface area (Å²) in [6.45, 7) is 4.34. The third kappa shape index (κ3) is 6.07. The van der Waals surface area contributed by atoms with Gasteiger partial charge in [-0.15, -0.1) is 0 Å². The Hall–Kier alpha value is -0.620. The van der Waals surface area contributed by atoms with Crippen LogP contribution in [0.15, 0.2) is 0 Å². The molecule has 0 bridgehead atoms. The summed E-state index contributed by atoms with van der Waals surface area (Å²) >= 11 is 0. The highest BCUT2D eigenvalue weighted by atomic mass is 32.2. The van der Waals surface area contributed by atoms with Gasteiger partial charge in [-0.2, -0.15) is 0 Å². The SMILES string of the molecule is CCS(=O)(=O)CCN(C)CC(C)C(=O)OC. The summed E-state index contributed by atoms with van der Waals surface area (Å²) in [6, 6.07) is 0. The Labute approximate surface area is 97.7 Å². The molecule has 0 N–H and O–H groups in total. The van der Waals surface area contributed by atoms with Crippen molar-refractivity contribution < 1.29 is 17.9 Å². The predicted molar refractivity (Wildman–Crippen MR) is 63.0 cm³/mol. The fourth-order valence-corrected chi connectivity index (χ4v) is 2.15. The normalized spacial score (nSPS) is 13.8. The Kier molecular flexibility index (Phi) is 6.59. The van der Waals surface area contributed by atoms with E-state index in [1.807, 2.05) is 4.90 Å². The van der Waals surface area contributed by atoms with Crippen molar-refractivity contribution in [2.24, 2.45) is 5.92 Å². The van der Waals surface area contributed by atoms with Gasteiger partial charge in [-0.05, 0) is 7.05 Å². The fourth-order valence-electron chi connectivity index (χ4n) is 1.27. The van der Waals surface area contributed by atoms with E-state index in [4.69, 9.17) is 0 Å². The van der Waals surface area contributed by atoms with Gasteiger partial charge in [0.25, 0.3) is 0 Å². The van der Waals surface area contributed by atoms with Crippen molar-refractivity contribution in [2.75, 3.05) is 38.8 Å². The third-order valence-corrected chi connectivity index (χ3v) is 4.10. The van der Waals surface area contributed by atoms with Crippen LogP contribution >= 0.6 is 0 Å². The molecule has 0 spiro atoms. The molecular weight excluding hydrogens is 230 g/mol. The molecule has 0 aromatic heterocycles. The molecule has 1 unspecified atom stereocenters. The van der Waals surface area contributed by atoms with Gasteiger partial charge in [0, 0.05) is 18.8 Å². The van der Waals surface area contributed by atoms with E-state index in [0.29, 0.717) is 13.1 Å². The zero-order chi connectivity index (χ0) is 12.8. The minimum atomic E-state index is -2.93. The zero-order valence-corrected chi connectivity index (χ0v) is 11.2. The molecule has 0 amide bonds. The molecule has 0 aromatic carbocycles. The molecule has 0 heterocycles. The Bertz CT molecular complexity index is 313. The molecule has 0 aliphatic carbocycles. The maximum Gasteiger partial charge on any atom is 0.309 e. The number of carbonyl (C=O) groups is 1. The van der Waals surface area contributed by atoms with E-state index in [1.54, 1.807) is 20.9 Å². The molecule has 5 nitrogen and oxygen atoms in total. The standard InChI is InChI=1S/C10H21NO4S/c1-5-16(13,14)7-6-11(3)8-9(2)10(12)15-4/h9H,5-8H2,1-4H3. The van der Waals surface area contributed by atoms with Gasteiger partial charge in [-0.3, -0.25) is 4.79 Å². The van der Waals surface area contributed by atoms with Crippen LogP contribution in [0.3, 0.4) is 0 Å². The summed E-state index contributed by atoms with van der Waals surface area (Å²) in [5.41, 5.74) is 0. The molecular formula is C10H21NO4S. The highest BCUT2D eigenvalue weighted by molar-refractivity contribution is 7.91. The summed E-state index contributed by atoms with van der Waals surface area (Å²) < 4.78 is 27.1. The molecule has 0 saturated heterocycles. The molecule has 1 atom stereocenters. The van der Waals surface area contributed by atoms with E-state index in [0.717, 1.165) is 0 Å². The first kappa shape index (κ1) is 15.4. The predicted octanol–water partition coefficient (Wildman–Crippen LogP) is 0.162. The Balaban J connectivity index is 4.00. The van der Waals surface area contributed by atoms with E-state index >= 15 is 0 Å². The molecule has 0 aliphatic heterocycles. The third-order valence-electron chi connectivity index (χ3n) is 2.41. The monoisotopic (exact) mass is 251 g/mol. The summed E-state index contributed by atoms with van der Waals surface area (Å²) in [6.07, 6.45) is 0. The lowest BCUT2D eigenvalue weighted by atomic mass is 10.2. The smallest absolute Gasteiger partial charge is 0.309 e. The minimum absolute atomic E-state index is 0.133. The van der Waals surface area contributed by atoms with Crippen molar-refractivity contribution in [3.05, 3.63) is 0 Å². The molecule has 0 radical (unpaired) electrons. The quantitative estimate of drug-likeness (QED) is 0.603. The van der Waals surface area contributed by atoms with Crippen LogP contribution in [-0.2, 0) is 19.4 Å². The van der Waals surface area contributed by atoms with Gasteiger partial charge in [0.2, 0.25) is 0 Å². The summed E-state index contributed by atoms with van der Waals surface area (Å²) in [4.78, 5) is 13.0. The number of nitrogens with zero attached hydrogens (tertiary/aromatic N) is 1. The van der Waals surface area contributed by atoms with Crippen molar-refractivity contribution in [3.8, 4) is 0 Å². The molecule has 0 rings (SSSR count). The zero-order valence-electron chi connectivity index (χ0n) is 10.4.